The van der Waals surface area contributed by atoms with Crippen LogP contribution in [0.4, 0.5) is 0 Å². The van der Waals surface area contributed by atoms with Gasteiger partial charge in [0.25, 0.3) is 0 Å². The molecule has 2 rings (SSSR count). The molecule has 0 radical (unpaired) electrons. The molecule has 0 spiro atoms. The fourth-order valence-electron chi connectivity index (χ4n) is 1.81. The molecule has 1 aromatic rings. The highest BCUT2D eigenvalue weighted by molar-refractivity contribution is 7.89. The van der Waals surface area contributed by atoms with Crippen molar-refractivity contribution < 1.29 is 8.42 Å². The van der Waals surface area contributed by atoms with Crippen LogP contribution in [0.25, 0.3) is 0 Å². The minimum absolute atomic E-state index is 0.122. The summed E-state index contributed by atoms with van der Waals surface area (Å²) in [6, 6.07) is 7.17. The molecule has 0 aliphatic heterocycles. The Morgan fingerprint density at radius 3 is 2.39 bits per heavy atom. The van der Waals surface area contributed by atoms with E-state index in [0.29, 0.717) is 10.8 Å². The van der Waals surface area contributed by atoms with E-state index in [0.717, 1.165) is 25.1 Å². The lowest BCUT2D eigenvalue weighted by molar-refractivity contribution is 0.578. The fourth-order valence-corrected chi connectivity index (χ4v) is 3.17. The summed E-state index contributed by atoms with van der Waals surface area (Å²) in [5, 5.41) is 3.21. The first kappa shape index (κ1) is 13.5. The number of nitrogens with one attached hydrogen (secondary N) is 2. The van der Waals surface area contributed by atoms with Crippen LogP contribution in [0.5, 0.6) is 0 Å². The molecule has 2 unspecified atom stereocenters. The molecule has 100 valence electrons. The van der Waals surface area contributed by atoms with E-state index in [-0.39, 0.29) is 6.04 Å². The smallest absolute Gasteiger partial charge is 0.240 e. The van der Waals surface area contributed by atoms with Gasteiger partial charge in [0.1, 0.15) is 0 Å². The van der Waals surface area contributed by atoms with E-state index >= 15 is 0 Å². The Balaban J connectivity index is 2.03. The fraction of sp³-hybridized carbons (Fsp3) is 0.538. The van der Waals surface area contributed by atoms with E-state index in [9.17, 15) is 8.42 Å². The second kappa shape index (κ2) is 5.38. The van der Waals surface area contributed by atoms with Crippen molar-refractivity contribution in [3.63, 3.8) is 0 Å². The summed E-state index contributed by atoms with van der Waals surface area (Å²) in [5.74, 6) is 0.466. The average molecular weight is 268 g/mol. The Morgan fingerprint density at radius 1 is 1.28 bits per heavy atom. The van der Waals surface area contributed by atoms with Gasteiger partial charge in [-0.15, -0.1) is 0 Å². The number of benzene rings is 1. The van der Waals surface area contributed by atoms with Crippen LogP contribution in [0.1, 0.15) is 25.8 Å². The molecular weight excluding hydrogens is 248 g/mol. The van der Waals surface area contributed by atoms with Gasteiger partial charge >= 0.3 is 0 Å². The van der Waals surface area contributed by atoms with Gasteiger partial charge in [0, 0.05) is 12.6 Å². The maximum atomic E-state index is 12.0. The second-order valence-electron chi connectivity index (χ2n) is 4.87. The lowest BCUT2D eigenvalue weighted by Gasteiger charge is -2.07. The molecule has 4 nitrogen and oxygen atoms in total. The lowest BCUT2D eigenvalue weighted by atomic mass is 10.2. The van der Waals surface area contributed by atoms with Crippen molar-refractivity contribution in [1.82, 2.24) is 10.0 Å². The third kappa shape index (κ3) is 3.31. The Hall–Kier alpha value is -0.910. The molecular formula is C13H20N2O2S. The molecule has 0 amide bonds. The van der Waals surface area contributed by atoms with Gasteiger partial charge in [-0.25, -0.2) is 13.1 Å². The van der Waals surface area contributed by atoms with E-state index < -0.39 is 10.0 Å². The summed E-state index contributed by atoms with van der Waals surface area (Å²) in [6.45, 7) is 5.76. The average Bonchev–Trinajstić information content (AvgIpc) is 3.02. The van der Waals surface area contributed by atoms with E-state index in [1.165, 1.54) is 0 Å². The van der Waals surface area contributed by atoms with Crippen LogP contribution in [0.15, 0.2) is 29.2 Å². The highest BCUT2D eigenvalue weighted by Crippen LogP contribution is 2.30. The van der Waals surface area contributed by atoms with Crippen LogP contribution < -0.4 is 10.0 Å². The van der Waals surface area contributed by atoms with E-state index in [4.69, 9.17) is 0 Å². The molecule has 1 aromatic carbocycles. The zero-order valence-electron chi connectivity index (χ0n) is 10.8. The van der Waals surface area contributed by atoms with Gasteiger partial charge in [0.05, 0.1) is 4.90 Å². The van der Waals surface area contributed by atoms with Crippen LogP contribution in [-0.4, -0.2) is 21.0 Å². The first-order valence-electron chi connectivity index (χ1n) is 6.35. The van der Waals surface area contributed by atoms with Crippen LogP contribution in [0.2, 0.25) is 0 Å². The molecule has 0 bridgehead atoms. The van der Waals surface area contributed by atoms with Crippen molar-refractivity contribution in [3.8, 4) is 0 Å². The third-order valence-corrected chi connectivity index (χ3v) is 4.73. The molecule has 0 aromatic heterocycles. The van der Waals surface area contributed by atoms with Crippen molar-refractivity contribution >= 4 is 10.0 Å². The Morgan fingerprint density at radius 2 is 1.89 bits per heavy atom. The van der Waals surface area contributed by atoms with Crippen molar-refractivity contribution in [3.05, 3.63) is 29.8 Å². The van der Waals surface area contributed by atoms with Crippen LogP contribution in [0.3, 0.4) is 0 Å². The highest BCUT2D eigenvalue weighted by Gasteiger charge is 2.36. The number of hydrogen-bond donors (Lipinski definition) is 2. The molecule has 1 fully saturated rings. The summed E-state index contributed by atoms with van der Waals surface area (Å²) in [7, 11) is -3.34. The first-order valence-corrected chi connectivity index (χ1v) is 7.83. The molecule has 2 atom stereocenters. The SMILES string of the molecule is CCNCc1ccc(S(=O)(=O)NC2CC2C)cc1. The summed E-state index contributed by atoms with van der Waals surface area (Å²) in [5.41, 5.74) is 1.09. The van der Waals surface area contributed by atoms with Crippen molar-refractivity contribution in [2.75, 3.05) is 6.54 Å². The van der Waals surface area contributed by atoms with Crippen LogP contribution >= 0.6 is 0 Å². The van der Waals surface area contributed by atoms with Gasteiger partial charge in [-0.2, -0.15) is 0 Å². The molecule has 0 saturated heterocycles. The van der Waals surface area contributed by atoms with Crippen LogP contribution in [0, 0.1) is 5.92 Å². The lowest BCUT2D eigenvalue weighted by Crippen LogP contribution is -2.26. The molecule has 5 heteroatoms. The van der Waals surface area contributed by atoms with Crippen molar-refractivity contribution in [2.24, 2.45) is 5.92 Å². The topological polar surface area (TPSA) is 58.2 Å². The Labute approximate surface area is 109 Å². The normalized spacial score (nSPS) is 23.0. The second-order valence-corrected chi connectivity index (χ2v) is 6.58. The van der Waals surface area contributed by atoms with Gasteiger partial charge in [-0.3, -0.25) is 0 Å². The molecule has 1 aliphatic rings. The molecule has 1 aliphatic carbocycles. The van der Waals surface area contributed by atoms with E-state index in [1.807, 2.05) is 26.0 Å². The van der Waals surface area contributed by atoms with Crippen LogP contribution in [-0.2, 0) is 16.6 Å². The van der Waals surface area contributed by atoms with E-state index in [2.05, 4.69) is 10.0 Å². The summed E-state index contributed by atoms with van der Waals surface area (Å²) in [6.07, 6.45) is 0.942. The van der Waals surface area contributed by atoms with Gasteiger partial charge < -0.3 is 5.32 Å². The maximum Gasteiger partial charge on any atom is 0.240 e. The Kier molecular flexibility index (Phi) is 4.04. The van der Waals surface area contributed by atoms with Gasteiger partial charge in [-0.1, -0.05) is 26.0 Å². The monoisotopic (exact) mass is 268 g/mol. The molecule has 2 N–H and O–H groups in total. The zero-order valence-corrected chi connectivity index (χ0v) is 11.6. The van der Waals surface area contributed by atoms with Gasteiger partial charge in [-0.05, 0) is 36.6 Å². The number of hydrogen-bond acceptors (Lipinski definition) is 3. The number of sulfonamides is 1. The largest absolute Gasteiger partial charge is 0.313 e. The third-order valence-electron chi connectivity index (χ3n) is 3.23. The maximum absolute atomic E-state index is 12.0. The minimum Gasteiger partial charge on any atom is -0.313 e. The number of rotatable bonds is 6. The zero-order chi connectivity index (χ0) is 13.2. The van der Waals surface area contributed by atoms with Crippen molar-refractivity contribution in [2.45, 2.75) is 37.8 Å². The predicted octanol–water partition coefficient (Wildman–Crippen LogP) is 1.48. The summed E-state index contributed by atoms with van der Waals surface area (Å²) < 4.78 is 26.8. The summed E-state index contributed by atoms with van der Waals surface area (Å²) in [4.78, 5) is 0.349. The molecule has 0 heterocycles. The van der Waals surface area contributed by atoms with Crippen molar-refractivity contribution in [1.29, 1.82) is 0 Å². The van der Waals surface area contributed by atoms with Gasteiger partial charge in [0.15, 0.2) is 0 Å². The highest BCUT2D eigenvalue weighted by atomic mass is 32.2. The first-order chi connectivity index (χ1) is 8.53. The predicted molar refractivity (Wildman–Crippen MR) is 71.7 cm³/mol. The quantitative estimate of drug-likeness (QED) is 0.821. The Bertz CT molecular complexity index is 496. The minimum atomic E-state index is -3.34. The molecule has 18 heavy (non-hydrogen) atoms. The molecule has 1 saturated carbocycles. The van der Waals surface area contributed by atoms with Gasteiger partial charge in [0.2, 0.25) is 10.0 Å². The summed E-state index contributed by atoms with van der Waals surface area (Å²) >= 11 is 0. The van der Waals surface area contributed by atoms with E-state index in [1.54, 1.807) is 12.1 Å². The standard InChI is InChI=1S/C13H20N2O2S/c1-3-14-9-11-4-6-12(7-5-11)18(16,17)15-13-8-10(13)2/h4-7,10,13-15H,3,8-9H2,1-2H3.